The maximum absolute atomic E-state index is 6.19. The lowest BCUT2D eigenvalue weighted by Crippen LogP contribution is -2.74. The summed E-state index contributed by atoms with van der Waals surface area (Å²) in [6.07, 6.45) is 0.362. The molecule has 4 unspecified atom stereocenters. The minimum absolute atomic E-state index is 0.00299. The summed E-state index contributed by atoms with van der Waals surface area (Å²) in [5.41, 5.74) is -0.187. The maximum Gasteiger partial charge on any atom is 0.280 e. The van der Waals surface area contributed by atoms with E-state index in [-0.39, 0.29) is 30.0 Å². The molecule has 0 aromatic rings. The molecule has 3 saturated heterocycles. The summed E-state index contributed by atoms with van der Waals surface area (Å²) in [6, 6.07) is 0. The highest BCUT2D eigenvalue weighted by Gasteiger charge is 2.64. The molecule has 0 aromatic carbocycles. The van der Waals surface area contributed by atoms with Gasteiger partial charge in [-0.1, -0.05) is 13.8 Å². The van der Waals surface area contributed by atoms with Crippen molar-refractivity contribution in [3.8, 4) is 0 Å². The predicted octanol–water partition coefficient (Wildman–Crippen LogP) is 2.31. The fraction of sp³-hybridized carbons (Fsp3) is 1.00. The van der Waals surface area contributed by atoms with Crippen molar-refractivity contribution >= 4 is 0 Å². The van der Waals surface area contributed by atoms with Gasteiger partial charge in [0, 0.05) is 18.8 Å². The molecule has 0 amide bonds. The minimum atomic E-state index is -0.864. The van der Waals surface area contributed by atoms with Crippen molar-refractivity contribution in [3.63, 3.8) is 0 Å². The average Bonchev–Trinajstić information content (AvgIpc) is 2.22. The van der Waals surface area contributed by atoms with Crippen molar-refractivity contribution in [3.05, 3.63) is 0 Å². The standard InChI is InChI=1S/C14H24O4/c1-7-9-8(2)11-12(15-13(3,4)5)10(7)17-14(6,16-9)18-11/h7-12H,1-6H3. The van der Waals surface area contributed by atoms with Crippen LogP contribution in [0.4, 0.5) is 0 Å². The molecule has 0 spiro atoms. The first-order valence-electron chi connectivity index (χ1n) is 6.91. The first-order valence-corrected chi connectivity index (χ1v) is 6.91. The van der Waals surface area contributed by atoms with Gasteiger partial charge in [0.1, 0.15) is 6.10 Å². The quantitative estimate of drug-likeness (QED) is 0.721. The van der Waals surface area contributed by atoms with E-state index in [1.54, 1.807) is 0 Å². The van der Waals surface area contributed by atoms with Crippen molar-refractivity contribution in [2.45, 2.75) is 77.5 Å². The van der Waals surface area contributed by atoms with E-state index in [9.17, 15) is 0 Å². The number of rotatable bonds is 1. The highest BCUT2D eigenvalue weighted by molar-refractivity contribution is 5.04. The van der Waals surface area contributed by atoms with Crippen LogP contribution in [-0.4, -0.2) is 36.0 Å². The van der Waals surface area contributed by atoms with Gasteiger partial charge in [-0.05, 0) is 20.8 Å². The molecular formula is C14H24O4. The lowest BCUT2D eigenvalue weighted by atomic mass is 9.72. The van der Waals surface area contributed by atoms with Crippen LogP contribution in [0, 0.1) is 11.8 Å². The van der Waals surface area contributed by atoms with Crippen molar-refractivity contribution < 1.29 is 18.9 Å². The second kappa shape index (κ2) is 3.69. The van der Waals surface area contributed by atoms with Gasteiger partial charge in [-0.25, -0.2) is 0 Å². The first-order chi connectivity index (χ1) is 8.20. The van der Waals surface area contributed by atoms with Gasteiger partial charge in [0.2, 0.25) is 0 Å². The summed E-state index contributed by atoms with van der Waals surface area (Å²) >= 11 is 0. The molecule has 4 rings (SSSR count). The van der Waals surface area contributed by atoms with Gasteiger partial charge >= 0.3 is 0 Å². The lowest BCUT2D eigenvalue weighted by molar-refractivity contribution is -0.528. The van der Waals surface area contributed by atoms with Crippen LogP contribution in [0.3, 0.4) is 0 Å². The normalized spacial score (nSPS) is 55.0. The number of hydrogen-bond donors (Lipinski definition) is 0. The van der Waals surface area contributed by atoms with Crippen molar-refractivity contribution in [2.24, 2.45) is 11.8 Å². The molecule has 4 aliphatic rings. The van der Waals surface area contributed by atoms with Gasteiger partial charge < -0.3 is 18.9 Å². The molecule has 0 aromatic heterocycles. The fourth-order valence-electron chi connectivity index (χ4n) is 3.57. The van der Waals surface area contributed by atoms with Gasteiger partial charge in [0.15, 0.2) is 0 Å². The molecule has 104 valence electrons. The molecular weight excluding hydrogens is 232 g/mol. The molecule has 4 bridgehead atoms. The van der Waals surface area contributed by atoms with E-state index in [1.165, 1.54) is 0 Å². The summed E-state index contributed by atoms with van der Waals surface area (Å²) in [4.78, 5) is 0. The molecule has 18 heavy (non-hydrogen) atoms. The molecule has 4 fully saturated rings. The Hall–Kier alpha value is -0.160. The predicted molar refractivity (Wildman–Crippen MR) is 66.0 cm³/mol. The Labute approximate surface area is 109 Å². The van der Waals surface area contributed by atoms with E-state index >= 15 is 0 Å². The Bertz CT molecular complexity index is 328. The van der Waals surface area contributed by atoms with Crippen molar-refractivity contribution in [2.75, 3.05) is 0 Å². The summed E-state index contributed by atoms with van der Waals surface area (Å²) in [5.74, 6) is -0.169. The van der Waals surface area contributed by atoms with E-state index in [0.717, 1.165) is 0 Å². The van der Waals surface area contributed by atoms with Crippen LogP contribution in [0.15, 0.2) is 0 Å². The molecule has 4 heteroatoms. The summed E-state index contributed by atoms with van der Waals surface area (Å²) in [7, 11) is 0. The average molecular weight is 256 g/mol. The monoisotopic (exact) mass is 256 g/mol. The summed E-state index contributed by atoms with van der Waals surface area (Å²) in [6.45, 7) is 12.5. The molecule has 0 N–H and O–H groups in total. The van der Waals surface area contributed by atoms with E-state index in [0.29, 0.717) is 11.8 Å². The van der Waals surface area contributed by atoms with Gasteiger partial charge in [-0.2, -0.15) is 0 Å². The van der Waals surface area contributed by atoms with Crippen LogP contribution in [0.2, 0.25) is 0 Å². The van der Waals surface area contributed by atoms with E-state index < -0.39 is 5.97 Å². The van der Waals surface area contributed by atoms with Crippen molar-refractivity contribution in [1.82, 2.24) is 0 Å². The Morgan fingerprint density at radius 2 is 1.33 bits per heavy atom. The zero-order valence-electron chi connectivity index (χ0n) is 12.1. The van der Waals surface area contributed by atoms with Crippen LogP contribution < -0.4 is 0 Å². The van der Waals surface area contributed by atoms with Gasteiger partial charge in [-0.15, -0.1) is 0 Å². The zero-order chi connectivity index (χ0) is 13.3. The van der Waals surface area contributed by atoms with Gasteiger partial charge in [0.05, 0.1) is 23.9 Å². The van der Waals surface area contributed by atoms with Crippen LogP contribution in [0.5, 0.6) is 0 Å². The lowest BCUT2D eigenvalue weighted by Gasteiger charge is -2.62. The topological polar surface area (TPSA) is 36.9 Å². The highest BCUT2D eigenvalue weighted by Crippen LogP contribution is 2.51. The van der Waals surface area contributed by atoms with Crippen LogP contribution >= 0.6 is 0 Å². The first kappa shape index (κ1) is 12.9. The van der Waals surface area contributed by atoms with Crippen LogP contribution in [0.1, 0.15) is 41.5 Å². The molecule has 3 aliphatic heterocycles. The van der Waals surface area contributed by atoms with Crippen molar-refractivity contribution in [1.29, 1.82) is 0 Å². The molecule has 3 heterocycles. The third-order valence-corrected chi connectivity index (χ3v) is 4.26. The molecule has 4 nitrogen and oxygen atoms in total. The summed E-state index contributed by atoms with van der Waals surface area (Å²) in [5, 5.41) is 0. The third kappa shape index (κ3) is 1.82. The van der Waals surface area contributed by atoms with Crippen LogP contribution in [0.25, 0.3) is 0 Å². The Morgan fingerprint density at radius 1 is 0.889 bits per heavy atom. The van der Waals surface area contributed by atoms with Gasteiger partial charge in [-0.3, -0.25) is 0 Å². The van der Waals surface area contributed by atoms with E-state index in [2.05, 4.69) is 34.6 Å². The smallest absolute Gasteiger partial charge is 0.280 e. The zero-order valence-corrected chi connectivity index (χ0v) is 12.1. The maximum atomic E-state index is 6.19. The fourth-order valence-corrected chi connectivity index (χ4v) is 3.57. The Balaban J connectivity index is 1.89. The second-order valence-electron chi connectivity index (χ2n) is 7.02. The Morgan fingerprint density at radius 3 is 1.78 bits per heavy atom. The number of hydrogen-bond acceptors (Lipinski definition) is 4. The molecule has 1 aliphatic carbocycles. The van der Waals surface area contributed by atoms with E-state index in [1.807, 2.05) is 6.92 Å². The van der Waals surface area contributed by atoms with Gasteiger partial charge in [0.25, 0.3) is 5.97 Å². The van der Waals surface area contributed by atoms with Crippen LogP contribution in [-0.2, 0) is 18.9 Å². The second-order valence-corrected chi connectivity index (χ2v) is 7.02. The molecule has 4 atom stereocenters. The number of ether oxygens (including phenoxy) is 4. The van der Waals surface area contributed by atoms with E-state index in [4.69, 9.17) is 18.9 Å². The highest BCUT2D eigenvalue weighted by atomic mass is 16.9. The third-order valence-electron chi connectivity index (χ3n) is 4.26. The molecule has 0 radical (unpaired) electrons. The minimum Gasteiger partial charge on any atom is -0.367 e. The Kier molecular flexibility index (Phi) is 2.63. The SMILES string of the molecule is CC1C2OC3(C)OC1C(OC(C)(C)C)C(O3)C2C. The largest absolute Gasteiger partial charge is 0.367 e. The molecule has 1 saturated carbocycles. The summed E-state index contributed by atoms with van der Waals surface area (Å²) < 4.78 is 24.0.